The number of rotatable bonds is 2. The fraction of sp³-hybridized carbons (Fsp3) is 1.00. The highest BCUT2D eigenvalue weighted by Gasteiger charge is 2.08. The quantitative estimate of drug-likeness (QED) is 0.566. The fourth-order valence-corrected chi connectivity index (χ4v) is 0.147. The summed E-state index contributed by atoms with van der Waals surface area (Å²) in [5.41, 5.74) is 0. The topological polar surface area (TPSA) is 20.2 Å². The van der Waals surface area contributed by atoms with Crippen LogP contribution in [0.5, 0.6) is 0 Å². The lowest BCUT2D eigenvalue weighted by Crippen LogP contribution is -2.03. The van der Waals surface area contributed by atoms with Gasteiger partial charge in [0.2, 0.25) is 12.8 Å². The molecule has 1 unspecified atom stereocenters. The molecule has 1 atom stereocenters. The molecule has 0 bridgehead atoms. The molecule has 0 fully saturated rings. The molecule has 4 heteroatoms. The van der Waals surface area contributed by atoms with Crippen LogP contribution in [-0.4, -0.2) is 17.9 Å². The van der Waals surface area contributed by atoms with Crippen molar-refractivity contribution in [2.75, 3.05) is 0 Å². The Morgan fingerprint density at radius 2 is 1.71 bits per heavy atom. The number of hydrogen-bond donors (Lipinski definition) is 1. The molecule has 0 aromatic rings. The van der Waals surface area contributed by atoms with E-state index < -0.39 is 19.2 Å². The predicted molar refractivity (Wildman–Crippen MR) is 17.7 cm³/mol. The highest BCUT2D eigenvalue weighted by Crippen LogP contribution is 2.03. The standard InChI is InChI=1S/C3H5F3O/c4-2(5)1-3(6)7/h2-3,7H,1H2. The molecular formula is C3H5F3O. The highest BCUT2D eigenvalue weighted by atomic mass is 19.3. The first kappa shape index (κ1) is 6.75. The summed E-state index contributed by atoms with van der Waals surface area (Å²) in [5, 5.41) is 7.58. The molecule has 0 heterocycles. The van der Waals surface area contributed by atoms with Gasteiger partial charge in [0.05, 0.1) is 6.42 Å². The maximum atomic E-state index is 11.0. The zero-order valence-corrected chi connectivity index (χ0v) is 3.44. The van der Waals surface area contributed by atoms with E-state index in [2.05, 4.69) is 0 Å². The van der Waals surface area contributed by atoms with Crippen molar-refractivity contribution in [1.29, 1.82) is 0 Å². The molecular weight excluding hydrogens is 109 g/mol. The second-order valence-corrected chi connectivity index (χ2v) is 1.06. The fourth-order valence-electron chi connectivity index (χ4n) is 0.147. The number of aliphatic hydroxyl groups excluding tert-OH is 1. The van der Waals surface area contributed by atoms with Crippen LogP contribution in [0.4, 0.5) is 13.2 Å². The average molecular weight is 114 g/mol. The maximum absolute atomic E-state index is 11.0. The summed E-state index contributed by atoms with van der Waals surface area (Å²) in [4.78, 5) is 0. The maximum Gasteiger partial charge on any atom is 0.243 e. The van der Waals surface area contributed by atoms with Crippen molar-refractivity contribution in [3.63, 3.8) is 0 Å². The van der Waals surface area contributed by atoms with Crippen molar-refractivity contribution in [1.82, 2.24) is 0 Å². The Balaban J connectivity index is 2.95. The first-order valence-corrected chi connectivity index (χ1v) is 1.73. The van der Waals surface area contributed by atoms with Crippen molar-refractivity contribution in [3.05, 3.63) is 0 Å². The summed E-state index contributed by atoms with van der Waals surface area (Å²) < 4.78 is 32.8. The predicted octanol–water partition coefficient (Wildman–Crippen LogP) is 0.929. The number of halogens is 3. The minimum absolute atomic E-state index is 1.08. The van der Waals surface area contributed by atoms with Crippen molar-refractivity contribution < 1.29 is 18.3 Å². The lowest BCUT2D eigenvalue weighted by atomic mass is 10.5. The minimum Gasteiger partial charge on any atom is -0.364 e. The molecule has 0 radical (unpaired) electrons. The summed E-state index contributed by atoms with van der Waals surface area (Å²) in [5.74, 6) is 0. The second-order valence-electron chi connectivity index (χ2n) is 1.06. The van der Waals surface area contributed by atoms with Crippen LogP contribution in [0.25, 0.3) is 0 Å². The van der Waals surface area contributed by atoms with E-state index in [-0.39, 0.29) is 0 Å². The molecule has 0 rings (SSSR count). The molecule has 1 N–H and O–H groups in total. The van der Waals surface area contributed by atoms with Crippen molar-refractivity contribution >= 4 is 0 Å². The highest BCUT2D eigenvalue weighted by molar-refractivity contribution is 4.39. The SMILES string of the molecule is OC(F)CC(F)F. The van der Waals surface area contributed by atoms with Gasteiger partial charge in [-0.2, -0.15) is 0 Å². The van der Waals surface area contributed by atoms with E-state index in [4.69, 9.17) is 5.11 Å². The molecule has 0 aromatic carbocycles. The van der Waals surface area contributed by atoms with Crippen LogP contribution in [0.2, 0.25) is 0 Å². The first-order chi connectivity index (χ1) is 3.13. The van der Waals surface area contributed by atoms with Gasteiger partial charge in [0.15, 0.2) is 0 Å². The van der Waals surface area contributed by atoms with Gasteiger partial charge in [-0.05, 0) is 0 Å². The summed E-state index contributed by atoms with van der Waals surface area (Å²) in [6.07, 6.45) is -6.21. The Morgan fingerprint density at radius 1 is 1.29 bits per heavy atom. The summed E-state index contributed by atoms with van der Waals surface area (Å²) in [7, 11) is 0. The van der Waals surface area contributed by atoms with Gasteiger partial charge in [-0.3, -0.25) is 0 Å². The van der Waals surface area contributed by atoms with E-state index in [9.17, 15) is 13.2 Å². The molecule has 0 aliphatic rings. The van der Waals surface area contributed by atoms with E-state index in [0.717, 1.165) is 0 Å². The smallest absolute Gasteiger partial charge is 0.243 e. The van der Waals surface area contributed by atoms with Crippen molar-refractivity contribution in [3.8, 4) is 0 Å². The van der Waals surface area contributed by atoms with Gasteiger partial charge in [-0.15, -0.1) is 0 Å². The third-order valence-electron chi connectivity index (χ3n) is 0.373. The minimum atomic E-state index is -2.75. The van der Waals surface area contributed by atoms with E-state index in [1.807, 2.05) is 0 Å². The Hall–Kier alpha value is -0.250. The van der Waals surface area contributed by atoms with Crippen LogP contribution in [0.1, 0.15) is 6.42 Å². The van der Waals surface area contributed by atoms with Gasteiger partial charge in [-0.1, -0.05) is 0 Å². The normalized spacial score (nSPS) is 15.0. The zero-order valence-electron chi connectivity index (χ0n) is 3.44. The van der Waals surface area contributed by atoms with E-state index in [0.29, 0.717) is 0 Å². The van der Waals surface area contributed by atoms with Gasteiger partial charge < -0.3 is 5.11 Å². The summed E-state index contributed by atoms with van der Waals surface area (Å²) >= 11 is 0. The lowest BCUT2D eigenvalue weighted by molar-refractivity contribution is -0.0156. The van der Waals surface area contributed by atoms with E-state index >= 15 is 0 Å². The molecule has 0 saturated heterocycles. The Labute approximate surface area is 38.8 Å². The number of hydrogen-bond acceptors (Lipinski definition) is 1. The summed E-state index contributed by atoms with van der Waals surface area (Å²) in [6, 6.07) is 0. The largest absolute Gasteiger partial charge is 0.364 e. The van der Waals surface area contributed by atoms with Crippen molar-refractivity contribution in [2.45, 2.75) is 19.2 Å². The zero-order chi connectivity index (χ0) is 5.86. The Morgan fingerprint density at radius 3 is 1.71 bits per heavy atom. The molecule has 0 aliphatic carbocycles. The van der Waals surface area contributed by atoms with Crippen molar-refractivity contribution in [2.24, 2.45) is 0 Å². The Bertz CT molecular complexity index is 39.4. The van der Waals surface area contributed by atoms with Gasteiger partial charge in [-0.25, -0.2) is 13.2 Å². The molecule has 0 aliphatic heterocycles. The average Bonchev–Trinajstić information content (AvgIpc) is 1.27. The molecule has 1 nitrogen and oxygen atoms in total. The number of alkyl halides is 3. The molecule has 7 heavy (non-hydrogen) atoms. The van der Waals surface area contributed by atoms with Gasteiger partial charge in [0, 0.05) is 0 Å². The van der Waals surface area contributed by atoms with Crippen LogP contribution in [0, 0.1) is 0 Å². The van der Waals surface area contributed by atoms with Gasteiger partial charge in [0.1, 0.15) is 0 Å². The third kappa shape index (κ3) is 5.75. The van der Waals surface area contributed by atoms with E-state index in [1.165, 1.54) is 0 Å². The second kappa shape index (κ2) is 2.85. The van der Waals surface area contributed by atoms with E-state index in [1.54, 1.807) is 0 Å². The lowest BCUT2D eigenvalue weighted by Gasteiger charge is -1.95. The van der Waals surface area contributed by atoms with Crippen LogP contribution < -0.4 is 0 Å². The van der Waals surface area contributed by atoms with Gasteiger partial charge in [0.25, 0.3) is 0 Å². The van der Waals surface area contributed by atoms with Gasteiger partial charge >= 0.3 is 0 Å². The first-order valence-electron chi connectivity index (χ1n) is 1.73. The van der Waals surface area contributed by atoms with Crippen LogP contribution in [0.3, 0.4) is 0 Å². The van der Waals surface area contributed by atoms with Crippen LogP contribution in [-0.2, 0) is 0 Å². The number of aliphatic hydroxyl groups is 1. The van der Waals surface area contributed by atoms with Crippen LogP contribution in [0.15, 0.2) is 0 Å². The molecule has 0 saturated carbocycles. The molecule has 44 valence electrons. The monoisotopic (exact) mass is 114 g/mol. The molecule has 0 aromatic heterocycles. The Kier molecular flexibility index (Phi) is 2.75. The molecule has 0 amide bonds. The third-order valence-corrected chi connectivity index (χ3v) is 0.373. The molecule has 0 spiro atoms. The summed E-state index contributed by atoms with van der Waals surface area (Å²) in [6.45, 7) is 0. The van der Waals surface area contributed by atoms with Crippen LogP contribution >= 0.6 is 0 Å².